The summed E-state index contributed by atoms with van der Waals surface area (Å²) in [6.07, 6.45) is 0. The summed E-state index contributed by atoms with van der Waals surface area (Å²) in [6.45, 7) is 0. The maximum Gasteiger partial charge on any atom is 0.0737 e. The van der Waals surface area contributed by atoms with E-state index in [9.17, 15) is 0 Å². The number of hydrogen-bond donors (Lipinski definition) is 0. The van der Waals surface area contributed by atoms with E-state index in [0.29, 0.717) is 0 Å². The van der Waals surface area contributed by atoms with Crippen LogP contribution in [0.4, 0.5) is 0 Å². The first-order valence-corrected chi connectivity index (χ1v) is 19.4. The van der Waals surface area contributed by atoms with Crippen molar-refractivity contribution in [3.63, 3.8) is 0 Å². The van der Waals surface area contributed by atoms with Gasteiger partial charge in [-0.15, -0.1) is 0 Å². The van der Waals surface area contributed by atoms with Crippen LogP contribution in [0.2, 0.25) is 0 Å². The van der Waals surface area contributed by atoms with Crippen LogP contribution in [0.1, 0.15) is 22.3 Å². The van der Waals surface area contributed by atoms with Crippen molar-refractivity contribution in [3.8, 4) is 33.4 Å². The lowest BCUT2D eigenvalue weighted by Gasteiger charge is -2.32. The van der Waals surface area contributed by atoms with Gasteiger partial charge in [0, 0.05) is 0 Å². The number of rotatable bonds is 1. The maximum atomic E-state index is 2.43. The van der Waals surface area contributed by atoms with Crippen molar-refractivity contribution in [2.45, 2.75) is 5.41 Å². The van der Waals surface area contributed by atoms with Crippen LogP contribution in [0.25, 0.3) is 98.0 Å². The Bertz CT molecular complexity index is 3410. The molecule has 0 saturated carbocycles. The Labute approximate surface area is 318 Å². The van der Waals surface area contributed by atoms with Crippen LogP contribution >= 0.6 is 0 Å². The topological polar surface area (TPSA) is 0 Å². The van der Waals surface area contributed by atoms with Crippen molar-refractivity contribution in [3.05, 3.63) is 216 Å². The first-order chi connectivity index (χ1) is 27.3. The van der Waals surface area contributed by atoms with E-state index >= 15 is 0 Å². The zero-order chi connectivity index (χ0) is 35.8. The van der Waals surface area contributed by atoms with Crippen LogP contribution in [-0.2, 0) is 5.41 Å². The molecule has 0 atom stereocenters. The first-order valence-electron chi connectivity index (χ1n) is 19.4. The molecule has 2 aliphatic carbocycles. The van der Waals surface area contributed by atoms with E-state index in [1.807, 2.05) is 0 Å². The summed E-state index contributed by atoms with van der Waals surface area (Å²) in [4.78, 5) is 0. The van der Waals surface area contributed by atoms with E-state index in [0.717, 1.165) is 0 Å². The predicted molar refractivity (Wildman–Crippen MR) is 233 cm³/mol. The van der Waals surface area contributed by atoms with Crippen LogP contribution in [0.3, 0.4) is 0 Å². The van der Waals surface area contributed by atoms with E-state index in [-0.39, 0.29) is 0 Å². The van der Waals surface area contributed by atoms with Gasteiger partial charge in [-0.25, -0.2) is 0 Å². The highest BCUT2D eigenvalue weighted by atomic mass is 14.5. The Morgan fingerprint density at radius 3 is 1.31 bits per heavy atom. The fourth-order valence-electron chi connectivity index (χ4n) is 10.9. The molecule has 0 heterocycles. The second kappa shape index (κ2) is 10.6. The molecule has 55 heavy (non-hydrogen) atoms. The van der Waals surface area contributed by atoms with Crippen LogP contribution < -0.4 is 0 Å². The van der Waals surface area contributed by atoms with Crippen molar-refractivity contribution in [1.29, 1.82) is 0 Å². The molecule has 0 heteroatoms. The largest absolute Gasteiger partial charge is 0.0737 e. The molecule has 13 rings (SSSR count). The summed E-state index contributed by atoms with van der Waals surface area (Å²) in [6, 6.07) is 73.3. The number of hydrogen-bond acceptors (Lipinski definition) is 0. The van der Waals surface area contributed by atoms with Crippen LogP contribution in [-0.4, -0.2) is 0 Å². The van der Waals surface area contributed by atoms with Gasteiger partial charge in [-0.05, 0) is 132 Å². The third-order valence-corrected chi connectivity index (χ3v) is 13.0. The quantitative estimate of drug-likeness (QED) is 0.150. The van der Waals surface area contributed by atoms with Gasteiger partial charge >= 0.3 is 0 Å². The standard InChI is InChI=1S/C55H32/c1-2-15-39-37(13-1)38-14-3-4-18-42(38)49-32-34(26-29-43(39)49)33-25-28-36-35(31-33)27-30-48-52-46-21-7-5-16-40(46)41-17-6-8-22-47(41)54(52)55(53(36)48)50-23-11-9-19-44(50)45-20-10-12-24-51(45)55/h1-32H. The zero-order valence-electron chi connectivity index (χ0n) is 30.0. The lowest BCUT2D eigenvalue weighted by atomic mass is 9.68. The van der Waals surface area contributed by atoms with Crippen LogP contribution in [0.5, 0.6) is 0 Å². The fraction of sp³-hybridized carbons (Fsp3) is 0.0182. The summed E-state index contributed by atoms with van der Waals surface area (Å²) in [5, 5.41) is 15.7. The summed E-state index contributed by atoms with van der Waals surface area (Å²) in [5.74, 6) is 0. The molecule has 0 N–H and O–H groups in total. The Morgan fingerprint density at radius 1 is 0.255 bits per heavy atom. The van der Waals surface area contributed by atoms with Gasteiger partial charge in [0.2, 0.25) is 0 Å². The Hall–Kier alpha value is -7.02. The highest BCUT2D eigenvalue weighted by Gasteiger charge is 2.53. The van der Waals surface area contributed by atoms with E-state index in [2.05, 4.69) is 194 Å². The number of fused-ring (bicyclic) bond motifs is 23. The molecule has 0 saturated heterocycles. The van der Waals surface area contributed by atoms with Gasteiger partial charge in [0.25, 0.3) is 0 Å². The van der Waals surface area contributed by atoms with Crippen molar-refractivity contribution < 1.29 is 0 Å². The van der Waals surface area contributed by atoms with Crippen molar-refractivity contribution in [1.82, 2.24) is 0 Å². The minimum atomic E-state index is -0.467. The molecule has 11 aromatic rings. The fourth-order valence-corrected chi connectivity index (χ4v) is 10.9. The van der Waals surface area contributed by atoms with Crippen LogP contribution in [0, 0.1) is 0 Å². The SMILES string of the molecule is c1ccc2c(c1)-c1ccccc1C21c2c(ccc3cc(-c4ccc5c6ccccc6c6ccccc6c5c4)ccc23)-c2c1c1ccccc1c1ccccc21. The van der Waals surface area contributed by atoms with Crippen molar-refractivity contribution in [2.24, 2.45) is 0 Å². The van der Waals surface area contributed by atoms with Gasteiger partial charge in [-0.3, -0.25) is 0 Å². The number of benzene rings is 11. The minimum Gasteiger partial charge on any atom is -0.0619 e. The molecule has 0 radical (unpaired) electrons. The zero-order valence-corrected chi connectivity index (χ0v) is 30.0. The predicted octanol–water partition coefficient (Wildman–Crippen LogP) is 14.6. The van der Waals surface area contributed by atoms with E-state index in [1.54, 1.807) is 0 Å². The Morgan fingerprint density at radius 2 is 0.691 bits per heavy atom. The summed E-state index contributed by atoms with van der Waals surface area (Å²) in [5.41, 5.74) is 13.0. The second-order valence-corrected chi connectivity index (χ2v) is 15.5. The molecule has 11 aromatic carbocycles. The highest BCUT2D eigenvalue weighted by Crippen LogP contribution is 2.66. The first kappa shape index (κ1) is 29.4. The average Bonchev–Trinajstić information content (AvgIpc) is 3.74. The normalized spacial score (nSPS) is 13.6. The molecule has 0 nitrogen and oxygen atoms in total. The molecule has 0 unspecified atom stereocenters. The monoisotopic (exact) mass is 692 g/mol. The molecular formula is C55H32. The van der Waals surface area contributed by atoms with Crippen molar-refractivity contribution >= 4 is 64.6 Å². The summed E-state index contributed by atoms with van der Waals surface area (Å²) < 4.78 is 0. The maximum absolute atomic E-state index is 2.43. The van der Waals surface area contributed by atoms with Gasteiger partial charge in [0.05, 0.1) is 5.41 Å². The molecular weight excluding hydrogens is 661 g/mol. The average molecular weight is 693 g/mol. The van der Waals surface area contributed by atoms with E-state index in [1.165, 1.54) is 120 Å². The lowest BCUT2D eigenvalue weighted by molar-refractivity contribution is 0.809. The molecule has 2 aliphatic rings. The second-order valence-electron chi connectivity index (χ2n) is 15.5. The molecule has 0 aliphatic heterocycles. The Balaban J connectivity index is 1.13. The molecule has 0 aromatic heterocycles. The van der Waals surface area contributed by atoms with Gasteiger partial charge < -0.3 is 0 Å². The third kappa shape index (κ3) is 3.62. The van der Waals surface area contributed by atoms with Crippen molar-refractivity contribution in [2.75, 3.05) is 0 Å². The van der Waals surface area contributed by atoms with Gasteiger partial charge in [-0.2, -0.15) is 0 Å². The smallest absolute Gasteiger partial charge is 0.0619 e. The van der Waals surface area contributed by atoms with Crippen LogP contribution in [0.15, 0.2) is 194 Å². The van der Waals surface area contributed by atoms with E-state index in [4.69, 9.17) is 0 Å². The molecule has 252 valence electrons. The lowest BCUT2D eigenvalue weighted by Crippen LogP contribution is -2.26. The highest BCUT2D eigenvalue weighted by molar-refractivity contribution is 6.26. The Kier molecular flexibility index (Phi) is 5.65. The molecule has 1 spiro atoms. The third-order valence-electron chi connectivity index (χ3n) is 13.0. The van der Waals surface area contributed by atoms with Gasteiger partial charge in [0.1, 0.15) is 0 Å². The molecule has 0 fully saturated rings. The minimum absolute atomic E-state index is 0.467. The van der Waals surface area contributed by atoms with E-state index < -0.39 is 5.41 Å². The molecule has 0 amide bonds. The van der Waals surface area contributed by atoms with Gasteiger partial charge in [0.15, 0.2) is 0 Å². The molecule has 0 bridgehead atoms. The summed E-state index contributed by atoms with van der Waals surface area (Å²) >= 11 is 0. The van der Waals surface area contributed by atoms with Gasteiger partial charge in [-0.1, -0.05) is 182 Å². The summed E-state index contributed by atoms with van der Waals surface area (Å²) in [7, 11) is 0.